The van der Waals surface area contributed by atoms with E-state index in [1.54, 1.807) is 12.4 Å². The zero-order valence-electron chi connectivity index (χ0n) is 24.5. The maximum Gasteiger partial charge on any atom is 0.223 e. The molecule has 2 aliphatic rings. The predicted molar refractivity (Wildman–Crippen MR) is 169 cm³/mol. The van der Waals surface area contributed by atoms with Gasteiger partial charge in [0.25, 0.3) is 0 Å². The van der Waals surface area contributed by atoms with Crippen molar-refractivity contribution < 1.29 is 9.59 Å². The molecule has 0 spiro atoms. The highest BCUT2D eigenvalue weighted by Crippen LogP contribution is 2.40. The Kier molecular flexibility index (Phi) is 8.63. The highest BCUT2D eigenvalue weighted by Gasteiger charge is 2.41. The molecule has 4 aromatic rings. The average molecular weight is 575 g/mol. The highest BCUT2D eigenvalue weighted by atomic mass is 16.2. The molecule has 2 fully saturated rings. The van der Waals surface area contributed by atoms with Gasteiger partial charge in [-0.05, 0) is 35.4 Å². The third-order valence-electron chi connectivity index (χ3n) is 8.77. The third kappa shape index (κ3) is 6.38. The lowest BCUT2D eigenvalue weighted by Gasteiger charge is -2.41. The molecule has 2 amide bonds. The molecular weight excluding hydrogens is 536 g/mol. The molecule has 220 valence electrons. The van der Waals surface area contributed by atoms with Crippen LogP contribution in [0.3, 0.4) is 0 Å². The van der Waals surface area contributed by atoms with Crippen molar-refractivity contribution in [3.8, 4) is 0 Å². The van der Waals surface area contributed by atoms with Gasteiger partial charge in [0, 0.05) is 83.0 Å². The molecule has 2 aromatic carbocycles. The lowest BCUT2D eigenvalue weighted by molar-refractivity contribution is -0.135. The van der Waals surface area contributed by atoms with E-state index in [-0.39, 0.29) is 24.7 Å². The third-order valence-corrected chi connectivity index (χ3v) is 8.77. The fourth-order valence-electron chi connectivity index (χ4n) is 6.34. The number of hydrogen-bond donors (Lipinski definition) is 0. The van der Waals surface area contributed by atoms with Crippen molar-refractivity contribution in [2.75, 3.05) is 62.2 Å². The van der Waals surface area contributed by atoms with Crippen LogP contribution in [0.4, 0.5) is 11.6 Å². The Morgan fingerprint density at radius 1 is 0.512 bits per heavy atom. The van der Waals surface area contributed by atoms with Gasteiger partial charge in [-0.25, -0.2) is 9.97 Å². The Balaban J connectivity index is 1.23. The van der Waals surface area contributed by atoms with Gasteiger partial charge in [-0.3, -0.25) is 9.59 Å². The van der Waals surface area contributed by atoms with Crippen LogP contribution < -0.4 is 9.80 Å². The minimum absolute atomic E-state index is 0.0705. The number of amides is 2. The molecule has 2 saturated heterocycles. The Morgan fingerprint density at radius 3 is 1.23 bits per heavy atom. The molecule has 6 rings (SSSR count). The van der Waals surface area contributed by atoms with E-state index < -0.39 is 5.41 Å². The maximum atomic E-state index is 14.1. The topological polar surface area (TPSA) is 72.9 Å². The monoisotopic (exact) mass is 574 g/mol. The zero-order chi connectivity index (χ0) is 29.5. The number of pyridine rings is 2. The van der Waals surface area contributed by atoms with Gasteiger partial charge in [0.15, 0.2) is 0 Å². The Hall–Kier alpha value is -4.72. The van der Waals surface area contributed by atoms with Crippen LogP contribution in [0.2, 0.25) is 0 Å². The zero-order valence-corrected chi connectivity index (χ0v) is 24.5. The van der Waals surface area contributed by atoms with Crippen molar-refractivity contribution >= 4 is 23.5 Å². The first-order valence-corrected chi connectivity index (χ1v) is 15.1. The summed E-state index contributed by atoms with van der Waals surface area (Å²) in [7, 11) is 0. The lowest BCUT2D eigenvalue weighted by atomic mass is 9.69. The van der Waals surface area contributed by atoms with Crippen molar-refractivity contribution in [2.45, 2.75) is 18.3 Å². The van der Waals surface area contributed by atoms with E-state index >= 15 is 0 Å². The molecule has 0 saturated carbocycles. The number of hydrogen-bond acceptors (Lipinski definition) is 6. The summed E-state index contributed by atoms with van der Waals surface area (Å²) >= 11 is 0. The second-order valence-corrected chi connectivity index (χ2v) is 11.3. The van der Waals surface area contributed by atoms with Crippen LogP contribution in [0.15, 0.2) is 109 Å². The SMILES string of the molecule is O=C(CC(CC(=O)N1CCN(c2ccccn2)CC1)(c1ccccc1)c1ccccc1)N1CCN(c2ccccn2)CC1. The number of rotatable bonds is 8. The minimum atomic E-state index is -0.785. The van der Waals surface area contributed by atoms with E-state index in [1.165, 1.54) is 0 Å². The number of piperazine rings is 2. The van der Waals surface area contributed by atoms with Gasteiger partial charge in [0.2, 0.25) is 11.8 Å². The normalized spacial score (nSPS) is 15.8. The second kappa shape index (κ2) is 13.1. The summed E-state index contributed by atoms with van der Waals surface area (Å²) in [6, 6.07) is 32.0. The first-order chi connectivity index (χ1) is 21.1. The standard InChI is InChI=1S/C35H38N6O2/c42-33(40-23-19-38(20-24-40)31-15-7-9-17-36-31)27-35(29-11-3-1-4-12-29,30-13-5-2-6-14-30)28-34(43)41-25-21-39(22-26-41)32-16-8-10-18-37-32/h1-18H,19-28H2. The summed E-state index contributed by atoms with van der Waals surface area (Å²) in [5, 5.41) is 0. The van der Waals surface area contributed by atoms with Crippen molar-refractivity contribution in [1.29, 1.82) is 0 Å². The molecule has 0 N–H and O–H groups in total. The van der Waals surface area contributed by atoms with Crippen LogP contribution in [0.5, 0.6) is 0 Å². The average Bonchev–Trinajstić information content (AvgIpc) is 3.09. The predicted octanol–water partition coefficient (Wildman–Crippen LogP) is 4.24. The van der Waals surface area contributed by atoms with Gasteiger partial charge in [-0.1, -0.05) is 72.8 Å². The number of nitrogens with zero attached hydrogens (tertiary/aromatic N) is 6. The van der Waals surface area contributed by atoms with Crippen LogP contribution in [0, 0.1) is 0 Å². The summed E-state index contributed by atoms with van der Waals surface area (Å²) in [6.07, 6.45) is 4.06. The van der Waals surface area contributed by atoms with E-state index in [4.69, 9.17) is 0 Å². The summed E-state index contributed by atoms with van der Waals surface area (Å²) in [4.78, 5) is 45.5. The first kappa shape index (κ1) is 28.4. The molecule has 43 heavy (non-hydrogen) atoms. The van der Waals surface area contributed by atoms with Gasteiger partial charge >= 0.3 is 0 Å². The first-order valence-electron chi connectivity index (χ1n) is 15.1. The molecule has 0 bridgehead atoms. The molecular formula is C35H38N6O2. The van der Waals surface area contributed by atoms with Crippen LogP contribution in [0.1, 0.15) is 24.0 Å². The minimum Gasteiger partial charge on any atom is -0.353 e. The summed E-state index contributed by atoms with van der Waals surface area (Å²) in [6.45, 7) is 5.41. The number of benzene rings is 2. The van der Waals surface area contributed by atoms with Crippen molar-refractivity contribution in [3.63, 3.8) is 0 Å². The molecule has 8 nitrogen and oxygen atoms in total. The van der Waals surface area contributed by atoms with Gasteiger partial charge in [0.1, 0.15) is 11.6 Å². The number of carbonyl (C=O) groups excluding carboxylic acids is 2. The summed E-state index contributed by atoms with van der Waals surface area (Å²) in [5.41, 5.74) is 1.19. The van der Waals surface area contributed by atoms with Crippen LogP contribution >= 0.6 is 0 Å². The van der Waals surface area contributed by atoms with Gasteiger partial charge in [-0.15, -0.1) is 0 Å². The largest absolute Gasteiger partial charge is 0.353 e. The molecule has 0 radical (unpaired) electrons. The molecule has 8 heteroatoms. The van der Waals surface area contributed by atoms with Crippen LogP contribution in [-0.4, -0.2) is 83.9 Å². The molecule has 4 heterocycles. The number of carbonyl (C=O) groups is 2. The van der Waals surface area contributed by atoms with Crippen molar-refractivity contribution in [1.82, 2.24) is 19.8 Å². The maximum absolute atomic E-state index is 14.1. The van der Waals surface area contributed by atoms with E-state index in [1.807, 2.05) is 82.6 Å². The fourth-order valence-corrected chi connectivity index (χ4v) is 6.34. The van der Waals surface area contributed by atoms with Gasteiger partial charge < -0.3 is 19.6 Å². The van der Waals surface area contributed by atoms with Crippen LogP contribution in [-0.2, 0) is 15.0 Å². The Labute approximate surface area is 253 Å². The summed E-state index contributed by atoms with van der Waals surface area (Å²) < 4.78 is 0. The molecule has 2 aliphatic heterocycles. The summed E-state index contributed by atoms with van der Waals surface area (Å²) in [5.74, 6) is 2.01. The van der Waals surface area contributed by atoms with E-state index in [9.17, 15) is 9.59 Å². The highest BCUT2D eigenvalue weighted by molar-refractivity contribution is 5.84. The smallest absolute Gasteiger partial charge is 0.223 e. The Bertz CT molecular complexity index is 1360. The lowest BCUT2D eigenvalue weighted by Crippen LogP contribution is -2.52. The van der Waals surface area contributed by atoms with E-state index in [2.05, 4.69) is 44.0 Å². The van der Waals surface area contributed by atoms with Gasteiger partial charge in [-0.2, -0.15) is 0 Å². The van der Waals surface area contributed by atoms with Crippen molar-refractivity contribution in [3.05, 3.63) is 121 Å². The quantitative estimate of drug-likeness (QED) is 0.314. The second-order valence-electron chi connectivity index (χ2n) is 11.3. The molecule has 0 unspecified atom stereocenters. The van der Waals surface area contributed by atoms with E-state index in [0.29, 0.717) is 26.2 Å². The number of anilines is 2. The molecule has 2 aromatic heterocycles. The Morgan fingerprint density at radius 2 is 0.884 bits per heavy atom. The molecule has 0 aliphatic carbocycles. The van der Waals surface area contributed by atoms with Gasteiger partial charge in [0.05, 0.1) is 0 Å². The number of aromatic nitrogens is 2. The van der Waals surface area contributed by atoms with E-state index in [0.717, 1.165) is 48.9 Å². The van der Waals surface area contributed by atoms with Crippen LogP contribution in [0.25, 0.3) is 0 Å². The fraction of sp³-hybridized carbons (Fsp3) is 0.314. The van der Waals surface area contributed by atoms with Crippen molar-refractivity contribution in [2.24, 2.45) is 0 Å². The molecule has 0 atom stereocenters.